The topological polar surface area (TPSA) is 89.3 Å². The van der Waals surface area contributed by atoms with E-state index in [2.05, 4.69) is 15.6 Å². The van der Waals surface area contributed by atoms with Gasteiger partial charge < -0.3 is 15.0 Å². The number of hydrogen-bond acceptors (Lipinski definition) is 6. The molecule has 1 unspecified atom stereocenters. The molecule has 0 bridgehead atoms. The number of hydrogen-bond donors (Lipinski definition) is 1. The Morgan fingerprint density at radius 3 is 3.00 bits per heavy atom. The van der Waals surface area contributed by atoms with Crippen molar-refractivity contribution in [1.82, 2.24) is 25.2 Å². The standard InChI is InChI=1S/C18H23N5O3S/c1-12(2)16(24)19-7-14-15-8-26-18(11-23(15)21-20-14)4-5-22(10-18)17(25)13-3-6-27-9-13/h3,6,9,12H,4-5,7-8,10-11H2,1-2H3,(H,19,24). The van der Waals surface area contributed by atoms with E-state index in [1.165, 1.54) is 11.3 Å². The van der Waals surface area contributed by atoms with Crippen molar-refractivity contribution in [1.29, 1.82) is 0 Å². The lowest BCUT2D eigenvalue weighted by Gasteiger charge is -2.33. The average Bonchev–Trinajstić information content (AvgIpc) is 3.39. The fourth-order valence-electron chi connectivity index (χ4n) is 3.54. The highest BCUT2D eigenvalue weighted by molar-refractivity contribution is 7.08. The number of carbonyl (C=O) groups excluding carboxylic acids is 2. The molecule has 4 heterocycles. The summed E-state index contributed by atoms with van der Waals surface area (Å²) in [6.07, 6.45) is 0.779. The number of amides is 2. The van der Waals surface area contributed by atoms with E-state index >= 15 is 0 Å². The number of aromatic nitrogens is 3. The van der Waals surface area contributed by atoms with E-state index in [9.17, 15) is 9.59 Å². The van der Waals surface area contributed by atoms with Gasteiger partial charge in [-0.15, -0.1) is 5.10 Å². The Hall–Kier alpha value is -2.26. The van der Waals surface area contributed by atoms with E-state index in [0.29, 0.717) is 32.8 Å². The van der Waals surface area contributed by atoms with Gasteiger partial charge >= 0.3 is 0 Å². The van der Waals surface area contributed by atoms with Gasteiger partial charge in [0.25, 0.3) is 5.91 Å². The molecule has 1 atom stereocenters. The van der Waals surface area contributed by atoms with Crippen LogP contribution in [0.5, 0.6) is 0 Å². The maximum atomic E-state index is 12.6. The first kappa shape index (κ1) is 18.1. The first-order chi connectivity index (χ1) is 13.0. The molecule has 2 amide bonds. The zero-order valence-corrected chi connectivity index (χ0v) is 16.3. The van der Waals surface area contributed by atoms with Crippen LogP contribution >= 0.6 is 11.3 Å². The number of rotatable bonds is 4. The molecule has 144 valence electrons. The lowest BCUT2D eigenvalue weighted by atomic mass is 10.0. The van der Waals surface area contributed by atoms with Crippen molar-refractivity contribution >= 4 is 23.2 Å². The highest BCUT2D eigenvalue weighted by Gasteiger charge is 2.45. The van der Waals surface area contributed by atoms with Crippen LogP contribution in [-0.2, 0) is 29.2 Å². The Morgan fingerprint density at radius 1 is 1.41 bits per heavy atom. The monoisotopic (exact) mass is 389 g/mol. The Bertz CT molecular complexity index is 847. The second-order valence-corrected chi connectivity index (χ2v) is 8.25. The second kappa shape index (κ2) is 7.05. The van der Waals surface area contributed by atoms with Gasteiger partial charge in [-0.2, -0.15) is 11.3 Å². The highest BCUT2D eigenvalue weighted by atomic mass is 32.1. The summed E-state index contributed by atoms with van der Waals surface area (Å²) in [5.74, 6) is -0.0253. The minimum absolute atomic E-state index is 0.0108. The van der Waals surface area contributed by atoms with Crippen LogP contribution in [0.25, 0.3) is 0 Å². The number of ether oxygens (including phenoxy) is 1. The zero-order valence-electron chi connectivity index (χ0n) is 15.5. The lowest BCUT2D eigenvalue weighted by molar-refractivity contribution is -0.124. The molecule has 27 heavy (non-hydrogen) atoms. The van der Waals surface area contributed by atoms with Gasteiger partial charge in [0, 0.05) is 17.8 Å². The summed E-state index contributed by atoms with van der Waals surface area (Å²) < 4.78 is 8.06. The van der Waals surface area contributed by atoms with Crippen molar-refractivity contribution in [2.45, 2.75) is 45.6 Å². The third-order valence-corrected chi connectivity index (χ3v) is 5.88. The number of likely N-dealkylation sites (tertiary alicyclic amines) is 1. The predicted octanol–water partition coefficient (Wildman–Crippen LogP) is 1.43. The van der Waals surface area contributed by atoms with Crippen LogP contribution in [0.1, 0.15) is 42.0 Å². The van der Waals surface area contributed by atoms with Crippen LogP contribution < -0.4 is 5.32 Å². The highest BCUT2D eigenvalue weighted by Crippen LogP contribution is 2.33. The molecule has 0 aromatic carbocycles. The summed E-state index contributed by atoms with van der Waals surface area (Å²) in [5.41, 5.74) is 1.96. The molecule has 1 fully saturated rings. The third kappa shape index (κ3) is 3.49. The molecule has 2 aliphatic rings. The second-order valence-electron chi connectivity index (χ2n) is 7.47. The van der Waals surface area contributed by atoms with Crippen molar-refractivity contribution < 1.29 is 14.3 Å². The number of fused-ring (bicyclic) bond motifs is 1. The fourth-order valence-corrected chi connectivity index (χ4v) is 4.17. The molecule has 4 rings (SSSR count). The van der Waals surface area contributed by atoms with Gasteiger partial charge in [-0.05, 0) is 17.9 Å². The van der Waals surface area contributed by atoms with E-state index < -0.39 is 5.60 Å². The van der Waals surface area contributed by atoms with Crippen LogP contribution in [0, 0.1) is 5.92 Å². The van der Waals surface area contributed by atoms with E-state index in [1.54, 1.807) is 0 Å². The molecule has 0 aliphatic carbocycles. The molecule has 8 nitrogen and oxygen atoms in total. The van der Waals surface area contributed by atoms with Crippen molar-refractivity contribution in [3.05, 3.63) is 33.8 Å². The van der Waals surface area contributed by atoms with Crippen molar-refractivity contribution in [3.8, 4) is 0 Å². The summed E-state index contributed by atoms with van der Waals surface area (Å²) in [4.78, 5) is 26.2. The molecule has 1 spiro atoms. The van der Waals surface area contributed by atoms with Crippen LogP contribution in [0.3, 0.4) is 0 Å². The molecule has 1 saturated heterocycles. The molecule has 2 aromatic rings. The number of thiophene rings is 1. The smallest absolute Gasteiger partial charge is 0.254 e. The van der Waals surface area contributed by atoms with Crippen molar-refractivity contribution in [2.24, 2.45) is 5.92 Å². The summed E-state index contributed by atoms with van der Waals surface area (Å²) in [7, 11) is 0. The Kier molecular flexibility index (Phi) is 4.73. The fraction of sp³-hybridized carbons (Fsp3) is 0.556. The Balaban J connectivity index is 1.42. The van der Waals surface area contributed by atoms with Crippen LogP contribution in [0.4, 0.5) is 0 Å². The van der Waals surface area contributed by atoms with Gasteiger partial charge in [0.05, 0.1) is 37.5 Å². The predicted molar refractivity (Wildman–Crippen MR) is 99.1 cm³/mol. The van der Waals surface area contributed by atoms with Crippen LogP contribution in [-0.4, -0.2) is 50.4 Å². The van der Waals surface area contributed by atoms with Crippen molar-refractivity contribution in [3.63, 3.8) is 0 Å². The largest absolute Gasteiger partial charge is 0.365 e. The van der Waals surface area contributed by atoms with Crippen molar-refractivity contribution in [2.75, 3.05) is 13.1 Å². The summed E-state index contributed by atoms with van der Waals surface area (Å²) in [5, 5.41) is 15.1. The minimum atomic E-state index is -0.412. The molecule has 2 aliphatic heterocycles. The quantitative estimate of drug-likeness (QED) is 0.854. The summed E-state index contributed by atoms with van der Waals surface area (Å²) in [6.45, 7) is 6.25. The molecule has 1 N–H and O–H groups in total. The molecule has 0 saturated carbocycles. The first-order valence-electron chi connectivity index (χ1n) is 9.12. The van der Waals surface area contributed by atoms with Gasteiger partial charge in [-0.3, -0.25) is 9.59 Å². The van der Waals surface area contributed by atoms with Crippen LogP contribution in [0.15, 0.2) is 16.8 Å². The maximum absolute atomic E-state index is 12.6. The minimum Gasteiger partial charge on any atom is -0.365 e. The molecule has 2 aromatic heterocycles. The number of nitrogens with one attached hydrogen (secondary N) is 1. The normalized spacial score (nSPS) is 21.7. The molecule has 9 heteroatoms. The third-order valence-electron chi connectivity index (χ3n) is 5.20. The maximum Gasteiger partial charge on any atom is 0.254 e. The van der Waals surface area contributed by atoms with Gasteiger partial charge in [0.15, 0.2) is 0 Å². The number of nitrogens with zero attached hydrogens (tertiary/aromatic N) is 4. The Morgan fingerprint density at radius 2 is 2.26 bits per heavy atom. The van der Waals surface area contributed by atoms with E-state index in [0.717, 1.165) is 23.4 Å². The van der Waals surface area contributed by atoms with Gasteiger partial charge in [0.2, 0.25) is 5.91 Å². The zero-order chi connectivity index (χ0) is 19.0. The van der Waals surface area contributed by atoms with Gasteiger partial charge in [-0.25, -0.2) is 4.68 Å². The van der Waals surface area contributed by atoms with E-state index in [4.69, 9.17) is 4.74 Å². The summed E-state index contributed by atoms with van der Waals surface area (Å²) >= 11 is 1.52. The Labute approximate surface area is 161 Å². The van der Waals surface area contributed by atoms with E-state index in [-0.39, 0.29) is 17.7 Å². The van der Waals surface area contributed by atoms with E-state index in [1.807, 2.05) is 40.3 Å². The van der Waals surface area contributed by atoms with Gasteiger partial charge in [0.1, 0.15) is 11.3 Å². The lowest BCUT2D eigenvalue weighted by Crippen LogP contribution is -2.45. The van der Waals surface area contributed by atoms with Crippen LogP contribution in [0.2, 0.25) is 0 Å². The molecular weight excluding hydrogens is 366 g/mol. The SMILES string of the molecule is CC(C)C(=O)NCc1nnn2c1COC1(CCN(C(=O)c3ccsc3)C1)C2. The van der Waals surface area contributed by atoms with Gasteiger partial charge in [-0.1, -0.05) is 19.1 Å². The summed E-state index contributed by atoms with van der Waals surface area (Å²) in [6, 6.07) is 1.85. The average molecular weight is 389 g/mol. The first-order valence-corrected chi connectivity index (χ1v) is 10.1. The number of carbonyl (C=O) groups is 2. The molecular formula is C18H23N5O3S. The molecule has 0 radical (unpaired) electrons.